The molecule has 0 aliphatic rings. The molecule has 0 saturated heterocycles. The lowest BCUT2D eigenvalue weighted by Gasteiger charge is -2.07. The molecule has 0 amide bonds. The van der Waals surface area contributed by atoms with E-state index in [-0.39, 0.29) is 0 Å². The van der Waals surface area contributed by atoms with Crippen LogP contribution in [0.2, 0.25) is 0 Å². The third-order valence-electron chi connectivity index (χ3n) is 2.35. The van der Waals surface area contributed by atoms with Crippen molar-refractivity contribution < 1.29 is 4.74 Å². The second-order valence-electron chi connectivity index (χ2n) is 3.61. The third-order valence-corrected chi connectivity index (χ3v) is 2.35. The zero-order valence-electron chi connectivity index (χ0n) is 9.92. The van der Waals surface area contributed by atoms with Gasteiger partial charge in [-0.1, -0.05) is 6.07 Å². The van der Waals surface area contributed by atoms with Crippen molar-refractivity contribution in [2.24, 2.45) is 0 Å². The number of hydrogen-bond acceptors (Lipinski definition) is 5. The van der Waals surface area contributed by atoms with E-state index >= 15 is 0 Å². The van der Waals surface area contributed by atoms with Crippen LogP contribution < -0.4 is 5.32 Å². The fraction of sp³-hybridized carbons (Fsp3) is 0.364. The SMILES string of the molecule is COCCNc1cccc(-n2nnnc2C)c1. The summed E-state index contributed by atoms with van der Waals surface area (Å²) in [5.74, 6) is 0.763. The largest absolute Gasteiger partial charge is 0.383 e. The number of rotatable bonds is 5. The van der Waals surface area contributed by atoms with Gasteiger partial charge in [0.25, 0.3) is 0 Å². The zero-order chi connectivity index (χ0) is 12.1. The standard InChI is InChI=1S/C11H15N5O/c1-9-13-14-15-16(9)11-5-3-4-10(8-11)12-6-7-17-2/h3-5,8,12H,6-7H2,1-2H3. The van der Waals surface area contributed by atoms with Crippen LogP contribution in [0.5, 0.6) is 0 Å². The quantitative estimate of drug-likeness (QED) is 0.781. The van der Waals surface area contributed by atoms with Crippen LogP contribution in [0.3, 0.4) is 0 Å². The second kappa shape index (κ2) is 5.40. The predicted molar refractivity (Wildman–Crippen MR) is 64.3 cm³/mol. The number of tetrazole rings is 1. The number of hydrogen-bond donors (Lipinski definition) is 1. The van der Waals surface area contributed by atoms with E-state index in [9.17, 15) is 0 Å². The van der Waals surface area contributed by atoms with Gasteiger partial charge in [-0.3, -0.25) is 0 Å². The van der Waals surface area contributed by atoms with Gasteiger partial charge >= 0.3 is 0 Å². The molecule has 0 aliphatic heterocycles. The Bertz CT molecular complexity index is 482. The lowest BCUT2D eigenvalue weighted by molar-refractivity contribution is 0.211. The summed E-state index contributed by atoms with van der Waals surface area (Å²) in [7, 11) is 1.68. The Labute approximate surface area is 99.6 Å². The lowest BCUT2D eigenvalue weighted by Crippen LogP contribution is -2.08. The topological polar surface area (TPSA) is 64.9 Å². The molecule has 0 unspecified atom stereocenters. The van der Waals surface area contributed by atoms with Crippen molar-refractivity contribution in [3.63, 3.8) is 0 Å². The van der Waals surface area contributed by atoms with Gasteiger partial charge in [0, 0.05) is 19.3 Å². The van der Waals surface area contributed by atoms with E-state index in [0.717, 1.165) is 23.7 Å². The van der Waals surface area contributed by atoms with E-state index in [1.54, 1.807) is 11.8 Å². The van der Waals surface area contributed by atoms with Crippen molar-refractivity contribution in [2.45, 2.75) is 6.92 Å². The third kappa shape index (κ3) is 2.79. The van der Waals surface area contributed by atoms with Gasteiger partial charge in [0.15, 0.2) is 5.82 Å². The minimum Gasteiger partial charge on any atom is -0.383 e. The Morgan fingerprint density at radius 2 is 2.29 bits per heavy atom. The molecule has 1 heterocycles. The van der Waals surface area contributed by atoms with E-state index in [0.29, 0.717) is 6.61 Å². The average molecular weight is 233 g/mol. The normalized spacial score (nSPS) is 10.5. The van der Waals surface area contributed by atoms with E-state index < -0.39 is 0 Å². The van der Waals surface area contributed by atoms with Crippen molar-refractivity contribution in [3.05, 3.63) is 30.1 Å². The molecule has 0 fully saturated rings. The summed E-state index contributed by atoms with van der Waals surface area (Å²) in [4.78, 5) is 0. The molecule has 17 heavy (non-hydrogen) atoms. The second-order valence-corrected chi connectivity index (χ2v) is 3.61. The first-order valence-electron chi connectivity index (χ1n) is 5.39. The van der Waals surface area contributed by atoms with Crippen LogP contribution in [0.15, 0.2) is 24.3 Å². The van der Waals surface area contributed by atoms with Crippen LogP contribution in [0.25, 0.3) is 5.69 Å². The molecular formula is C11H15N5O. The highest BCUT2D eigenvalue weighted by molar-refractivity contribution is 5.50. The molecule has 2 aromatic rings. The molecule has 1 aromatic heterocycles. The van der Waals surface area contributed by atoms with Crippen LogP contribution in [0, 0.1) is 6.92 Å². The molecule has 1 N–H and O–H groups in total. The molecule has 1 aromatic carbocycles. The van der Waals surface area contributed by atoms with Crippen LogP contribution in [-0.2, 0) is 4.74 Å². The van der Waals surface area contributed by atoms with Gasteiger partial charge in [-0.2, -0.15) is 4.68 Å². The molecule has 0 radical (unpaired) electrons. The summed E-state index contributed by atoms with van der Waals surface area (Å²) in [5.41, 5.74) is 1.96. The van der Waals surface area contributed by atoms with Crippen LogP contribution >= 0.6 is 0 Å². The number of methoxy groups -OCH3 is 1. The molecule has 0 atom stereocenters. The maximum atomic E-state index is 4.99. The highest BCUT2D eigenvalue weighted by atomic mass is 16.5. The lowest BCUT2D eigenvalue weighted by atomic mass is 10.2. The van der Waals surface area contributed by atoms with Gasteiger partial charge in [0.05, 0.1) is 12.3 Å². The fourth-order valence-corrected chi connectivity index (χ4v) is 1.52. The van der Waals surface area contributed by atoms with Crippen molar-refractivity contribution in [1.29, 1.82) is 0 Å². The summed E-state index contributed by atoms with van der Waals surface area (Å²) in [6, 6.07) is 7.92. The average Bonchev–Trinajstić information content (AvgIpc) is 2.76. The fourth-order valence-electron chi connectivity index (χ4n) is 1.52. The monoisotopic (exact) mass is 233 g/mol. The van der Waals surface area contributed by atoms with E-state index in [1.165, 1.54) is 0 Å². The number of ether oxygens (including phenoxy) is 1. The summed E-state index contributed by atoms with van der Waals surface area (Å²) in [5, 5.41) is 14.7. The highest BCUT2D eigenvalue weighted by Crippen LogP contribution is 2.14. The molecular weight excluding hydrogens is 218 g/mol. The summed E-state index contributed by atoms with van der Waals surface area (Å²) in [6.07, 6.45) is 0. The van der Waals surface area contributed by atoms with Crippen molar-refractivity contribution >= 4 is 5.69 Å². The number of nitrogens with zero attached hydrogens (tertiary/aromatic N) is 4. The van der Waals surface area contributed by atoms with Gasteiger partial charge in [0.1, 0.15) is 0 Å². The number of anilines is 1. The first-order valence-corrected chi connectivity index (χ1v) is 5.39. The Hall–Kier alpha value is -1.95. The molecule has 0 bridgehead atoms. The highest BCUT2D eigenvalue weighted by Gasteiger charge is 2.03. The number of aryl methyl sites for hydroxylation is 1. The maximum Gasteiger partial charge on any atom is 0.153 e. The smallest absolute Gasteiger partial charge is 0.153 e. The summed E-state index contributed by atoms with van der Waals surface area (Å²) in [6.45, 7) is 3.31. The first kappa shape index (κ1) is 11.5. The van der Waals surface area contributed by atoms with E-state index in [1.807, 2.05) is 31.2 Å². The molecule has 2 rings (SSSR count). The Morgan fingerprint density at radius 3 is 3.00 bits per heavy atom. The minimum atomic E-state index is 0.675. The van der Waals surface area contributed by atoms with Crippen LogP contribution in [-0.4, -0.2) is 40.5 Å². The number of nitrogens with one attached hydrogen (secondary N) is 1. The van der Waals surface area contributed by atoms with Gasteiger partial charge in [-0.25, -0.2) is 0 Å². The zero-order valence-corrected chi connectivity index (χ0v) is 9.92. The summed E-state index contributed by atoms with van der Waals surface area (Å²) < 4.78 is 6.68. The van der Waals surface area contributed by atoms with Gasteiger partial charge in [-0.15, -0.1) is 5.10 Å². The molecule has 0 aliphatic carbocycles. The number of aromatic nitrogens is 4. The molecule has 6 heteroatoms. The van der Waals surface area contributed by atoms with E-state index in [2.05, 4.69) is 20.8 Å². The van der Waals surface area contributed by atoms with Gasteiger partial charge in [0.2, 0.25) is 0 Å². The predicted octanol–water partition coefficient (Wildman–Crippen LogP) is 1.03. The Balaban J connectivity index is 2.14. The minimum absolute atomic E-state index is 0.675. The van der Waals surface area contributed by atoms with E-state index in [4.69, 9.17) is 4.74 Å². The molecule has 90 valence electrons. The van der Waals surface area contributed by atoms with Gasteiger partial charge < -0.3 is 10.1 Å². The van der Waals surface area contributed by atoms with Crippen LogP contribution in [0.4, 0.5) is 5.69 Å². The Morgan fingerprint density at radius 1 is 1.41 bits per heavy atom. The molecule has 0 saturated carbocycles. The molecule has 0 spiro atoms. The number of benzene rings is 1. The van der Waals surface area contributed by atoms with Gasteiger partial charge in [-0.05, 0) is 35.5 Å². The van der Waals surface area contributed by atoms with Crippen LogP contribution in [0.1, 0.15) is 5.82 Å². The first-order chi connectivity index (χ1) is 8.31. The Kier molecular flexibility index (Phi) is 3.66. The summed E-state index contributed by atoms with van der Waals surface area (Å²) >= 11 is 0. The van der Waals surface area contributed by atoms with Crippen molar-refractivity contribution in [3.8, 4) is 5.69 Å². The van der Waals surface area contributed by atoms with Crippen molar-refractivity contribution in [2.75, 3.05) is 25.6 Å². The van der Waals surface area contributed by atoms with Crippen molar-refractivity contribution in [1.82, 2.24) is 20.2 Å². The molecule has 6 nitrogen and oxygen atoms in total. The maximum absolute atomic E-state index is 4.99.